The number of carbonyl (C=O) groups excluding carboxylic acids is 2. The summed E-state index contributed by atoms with van der Waals surface area (Å²) < 4.78 is 35.6. The van der Waals surface area contributed by atoms with Crippen LogP contribution in [0.1, 0.15) is 144 Å². The Morgan fingerprint density at radius 2 is 0.884 bits per heavy atom. The summed E-state index contributed by atoms with van der Waals surface area (Å²) in [6, 6.07) is -0.160. The maximum absolute atomic E-state index is 12.1. The second kappa shape index (κ2) is 23.3. The van der Waals surface area contributed by atoms with Crippen LogP contribution in [0, 0.1) is 47.3 Å². The number of aliphatic carboxylic acids is 4. The van der Waals surface area contributed by atoms with Gasteiger partial charge in [-0.1, -0.05) is 53.4 Å². The summed E-state index contributed by atoms with van der Waals surface area (Å²) in [6.07, 6.45) is 7.68. The number of carbonyl (C=O) groups is 6. The first kappa shape index (κ1) is 57.0. The van der Waals surface area contributed by atoms with Crippen molar-refractivity contribution in [3.63, 3.8) is 0 Å². The summed E-state index contributed by atoms with van der Waals surface area (Å²) in [5.74, 6) is -7.30. The molecule has 8 saturated heterocycles. The first-order valence-corrected chi connectivity index (χ1v) is 24.1. The SMILES string of the molecule is C[C@H]1[C@@H](OC(=O)CCC(=O)O)O[C@@H]2O[C@@]3(C)CC[C@H]4[C@H](C)CC[C@@H]1[C@@]24OO3.C[C@H]1[C@@H](OC(=O)CCC(=O)O)O[C@@H]2O[C@@]3(C)CC[C@H]4[C@H](C)CC[C@@H]1[C@@]24OO3.O=C(O)C(=O)O.[NH-][C@@H]1CCCC[C@H]1[NH-].[Pt+2]. The fourth-order valence-electron chi connectivity index (χ4n) is 11.9. The van der Waals surface area contributed by atoms with E-state index in [2.05, 4.69) is 13.8 Å². The first-order valence-electron chi connectivity index (χ1n) is 24.1. The van der Waals surface area contributed by atoms with E-state index in [1.54, 1.807) is 0 Å². The van der Waals surface area contributed by atoms with Crippen molar-refractivity contribution in [2.24, 2.45) is 47.3 Å². The van der Waals surface area contributed by atoms with Gasteiger partial charge in [-0.2, -0.15) is 12.1 Å². The largest absolute Gasteiger partial charge is 2.00 e. The molecule has 0 aromatic heterocycles. The molecule has 8 heterocycles. The van der Waals surface area contributed by atoms with Crippen molar-refractivity contribution in [2.75, 3.05) is 0 Å². The molecule has 4 bridgehead atoms. The number of esters is 2. The Kier molecular flexibility index (Phi) is 19.3. The van der Waals surface area contributed by atoms with E-state index < -0.39 is 83.8 Å². The van der Waals surface area contributed by atoms with Crippen LogP contribution in [0.5, 0.6) is 0 Å². The molecular formula is C46H70N2O20Pt. The third-order valence-electron chi connectivity index (χ3n) is 15.7. The van der Waals surface area contributed by atoms with E-state index in [0.717, 1.165) is 51.4 Å². The molecule has 0 aromatic carbocycles. The van der Waals surface area contributed by atoms with Crippen molar-refractivity contribution >= 4 is 35.8 Å². The molecule has 69 heavy (non-hydrogen) atoms. The molecule has 394 valence electrons. The van der Waals surface area contributed by atoms with E-state index >= 15 is 0 Å². The van der Waals surface area contributed by atoms with Gasteiger partial charge in [0.2, 0.25) is 24.2 Å². The van der Waals surface area contributed by atoms with Crippen LogP contribution in [-0.4, -0.2) is 116 Å². The quantitative estimate of drug-likeness (QED) is 0.111. The summed E-state index contributed by atoms with van der Waals surface area (Å²) in [5, 5.41) is 32.3. The van der Waals surface area contributed by atoms with E-state index in [-0.39, 0.29) is 94.3 Å². The smallest absolute Gasteiger partial charge is 0.676 e. The molecule has 6 N–H and O–H groups in total. The molecule has 0 unspecified atom stereocenters. The molecule has 8 aliphatic heterocycles. The Morgan fingerprint density at radius 3 is 1.20 bits per heavy atom. The summed E-state index contributed by atoms with van der Waals surface area (Å²) in [7, 11) is 0. The Hall–Kier alpha value is -2.89. The summed E-state index contributed by atoms with van der Waals surface area (Å²) in [5.41, 5.74) is 13.2. The number of ether oxygens (including phenoxy) is 6. The number of hydrogen-bond donors (Lipinski definition) is 4. The fraction of sp³-hybridized carbons (Fsp3) is 0.870. The number of hydrogen-bond acceptors (Lipinski definition) is 16. The maximum Gasteiger partial charge on any atom is 2.00 e. The zero-order valence-corrected chi connectivity index (χ0v) is 42.3. The van der Waals surface area contributed by atoms with Crippen molar-refractivity contribution in [1.82, 2.24) is 0 Å². The van der Waals surface area contributed by atoms with Crippen LogP contribution in [-0.2, 0) is 97.8 Å². The Balaban J connectivity index is 0.000000199. The molecule has 22 nitrogen and oxygen atoms in total. The van der Waals surface area contributed by atoms with Crippen LogP contribution >= 0.6 is 0 Å². The molecule has 23 heteroatoms. The van der Waals surface area contributed by atoms with Gasteiger partial charge in [-0.25, -0.2) is 29.1 Å². The Bertz CT molecular complexity index is 1720. The number of carboxylic acid groups (broad SMARTS) is 4. The Labute approximate surface area is 415 Å². The number of carboxylic acids is 4. The molecular weight excluding hydrogens is 1100 g/mol. The number of nitrogens with one attached hydrogen (secondary N) is 2. The van der Waals surface area contributed by atoms with Crippen molar-refractivity contribution in [3.8, 4) is 0 Å². The zero-order chi connectivity index (χ0) is 49.9. The van der Waals surface area contributed by atoms with Gasteiger partial charge in [0, 0.05) is 36.5 Å². The molecule has 11 fully saturated rings. The minimum atomic E-state index is -1.82. The molecule has 18 atom stereocenters. The molecule has 3 saturated carbocycles. The van der Waals surface area contributed by atoms with Gasteiger partial charge < -0.3 is 60.3 Å². The molecule has 2 spiro atoms. The van der Waals surface area contributed by atoms with E-state index in [4.69, 9.17) is 89.5 Å². The average molecular weight is 1170 g/mol. The van der Waals surface area contributed by atoms with Crippen LogP contribution in [0.3, 0.4) is 0 Å². The van der Waals surface area contributed by atoms with Crippen LogP contribution < -0.4 is 0 Å². The van der Waals surface area contributed by atoms with Gasteiger partial charge in [-0.15, -0.1) is 0 Å². The predicted octanol–water partition coefficient (Wildman–Crippen LogP) is 6.76. The number of fused-ring (bicyclic) bond motifs is 4. The van der Waals surface area contributed by atoms with E-state index in [9.17, 15) is 19.2 Å². The van der Waals surface area contributed by atoms with Gasteiger partial charge >= 0.3 is 56.9 Å². The summed E-state index contributed by atoms with van der Waals surface area (Å²) >= 11 is 0. The molecule has 11 rings (SSSR count). The fourth-order valence-corrected chi connectivity index (χ4v) is 11.9. The second-order valence-corrected chi connectivity index (χ2v) is 20.4. The average Bonchev–Trinajstić information content (AvgIpc) is 3.66. The van der Waals surface area contributed by atoms with Crippen LogP contribution in [0.4, 0.5) is 0 Å². The van der Waals surface area contributed by atoms with Crippen molar-refractivity contribution in [3.05, 3.63) is 11.5 Å². The van der Waals surface area contributed by atoms with Gasteiger partial charge in [-0.3, -0.25) is 19.2 Å². The molecule has 0 radical (unpaired) electrons. The molecule has 0 amide bonds. The van der Waals surface area contributed by atoms with Crippen LogP contribution in [0.15, 0.2) is 0 Å². The van der Waals surface area contributed by atoms with Crippen molar-refractivity contribution < 1.29 is 118 Å². The van der Waals surface area contributed by atoms with Crippen LogP contribution in [0.2, 0.25) is 0 Å². The van der Waals surface area contributed by atoms with Gasteiger partial charge in [0.15, 0.2) is 23.8 Å². The second-order valence-electron chi connectivity index (χ2n) is 20.4. The molecule has 0 aromatic rings. The van der Waals surface area contributed by atoms with E-state index in [1.165, 1.54) is 12.8 Å². The number of rotatable bonds is 8. The minimum Gasteiger partial charge on any atom is -0.676 e. The first-order chi connectivity index (χ1) is 31.9. The predicted molar refractivity (Wildman–Crippen MR) is 230 cm³/mol. The van der Waals surface area contributed by atoms with Crippen molar-refractivity contribution in [1.29, 1.82) is 0 Å². The van der Waals surface area contributed by atoms with Gasteiger partial charge in [0.1, 0.15) is 0 Å². The third kappa shape index (κ3) is 12.5. The monoisotopic (exact) mass is 1170 g/mol. The topological polar surface area (TPSA) is 323 Å². The molecule has 11 aliphatic rings. The van der Waals surface area contributed by atoms with Gasteiger partial charge in [0.05, 0.1) is 25.7 Å². The Morgan fingerprint density at radius 1 is 0.522 bits per heavy atom. The van der Waals surface area contributed by atoms with Gasteiger partial charge in [0.25, 0.3) is 0 Å². The van der Waals surface area contributed by atoms with E-state index in [1.807, 2.05) is 27.7 Å². The van der Waals surface area contributed by atoms with Crippen molar-refractivity contribution in [2.45, 2.75) is 204 Å². The van der Waals surface area contributed by atoms with Gasteiger partial charge in [-0.05, 0) is 76.0 Å². The normalized spacial score (nSPS) is 43.1. The zero-order valence-electron chi connectivity index (χ0n) is 40.0. The summed E-state index contributed by atoms with van der Waals surface area (Å²) in [4.78, 5) is 87.2. The maximum atomic E-state index is 12.1. The minimum absolute atomic E-state index is 0. The standard InChI is InChI=1S/2C19H28O8.C6H12N2.C2H2O4.Pt/c2*1-10-4-5-13-11(2)16(23-15(22)7-6-14(20)21)24-17-19(13)12(10)8-9-18(3,25-17)26-27-19;7-5-3-1-2-4-6(5)8;3-1(4)2(5)6;/h2*10-13,16-17H,4-9H2,1-3H3,(H,20,21);5-8H,1-4H2;(H,3,4)(H,5,6);/q;;-2;;+2/t2*10-,11-,12+,13+,16+,17-,18-,19-;5-,6-;;/m111../s1. The van der Waals surface area contributed by atoms with E-state index in [0.29, 0.717) is 24.7 Å². The molecule has 3 aliphatic carbocycles. The third-order valence-corrected chi connectivity index (χ3v) is 15.7. The summed E-state index contributed by atoms with van der Waals surface area (Å²) in [6.45, 7) is 12.1. The van der Waals surface area contributed by atoms with Crippen LogP contribution in [0.25, 0.3) is 11.5 Å².